The zero-order valence-corrected chi connectivity index (χ0v) is 16.7. The number of benzene rings is 2. The van der Waals surface area contributed by atoms with Crippen LogP contribution in [0.25, 0.3) is 11.0 Å². The van der Waals surface area contributed by atoms with E-state index in [-0.39, 0.29) is 11.2 Å². The van der Waals surface area contributed by atoms with Crippen molar-refractivity contribution in [3.8, 4) is 23.0 Å². The van der Waals surface area contributed by atoms with Gasteiger partial charge in [-0.15, -0.1) is 0 Å². The third kappa shape index (κ3) is 4.08. The summed E-state index contributed by atoms with van der Waals surface area (Å²) in [7, 11) is 1.55. The van der Waals surface area contributed by atoms with Gasteiger partial charge in [0.15, 0.2) is 0 Å². The number of ether oxygens (including phenoxy) is 4. The van der Waals surface area contributed by atoms with E-state index >= 15 is 0 Å². The van der Waals surface area contributed by atoms with Crippen molar-refractivity contribution in [2.75, 3.05) is 33.4 Å². The first-order chi connectivity index (χ1) is 14.5. The fraction of sp³-hybridized carbons (Fsp3) is 0.273. The molecule has 1 amide bonds. The maximum atomic E-state index is 12.9. The molecule has 1 aromatic heterocycles. The quantitative estimate of drug-likeness (QED) is 0.646. The number of carbonyl (C=O) groups excluding carboxylic acids is 1. The Morgan fingerprint density at radius 2 is 1.80 bits per heavy atom. The number of methoxy groups -OCH3 is 1. The second kappa shape index (κ2) is 8.46. The van der Waals surface area contributed by atoms with Gasteiger partial charge >= 0.3 is 6.09 Å². The van der Waals surface area contributed by atoms with E-state index in [0.29, 0.717) is 60.3 Å². The van der Waals surface area contributed by atoms with Crippen LogP contribution in [-0.2, 0) is 4.74 Å². The maximum Gasteiger partial charge on any atom is 0.415 e. The molecule has 0 N–H and O–H groups in total. The third-order valence-electron chi connectivity index (χ3n) is 4.72. The van der Waals surface area contributed by atoms with Crippen molar-refractivity contribution in [2.45, 2.75) is 6.92 Å². The van der Waals surface area contributed by atoms with Gasteiger partial charge in [-0.3, -0.25) is 4.79 Å². The third-order valence-corrected chi connectivity index (χ3v) is 4.72. The molecule has 1 fully saturated rings. The number of aryl methyl sites for hydroxylation is 1. The second-order valence-electron chi connectivity index (χ2n) is 6.72. The number of morpholine rings is 1. The molecule has 3 aromatic rings. The number of hydrogen-bond acceptors (Lipinski definition) is 7. The van der Waals surface area contributed by atoms with E-state index in [1.165, 1.54) is 6.07 Å². The van der Waals surface area contributed by atoms with E-state index in [9.17, 15) is 9.59 Å². The molecule has 1 saturated heterocycles. The van der Waals surface area contributed by atoms with Gasteiger partial charge in [0.1, 0.15) is 28.6 Å². The largest absolute Gasteiger partial charge is 0.497 e. The summed E-state index contributed by atoms with van der Waals surface area (Å²) in [6.07, 6.45) is -0.463. The molecular formula is C22H21NO7. The molecule has 2 heterocycles. The second-order valence-corrected chi connectivity index (χ2v) is 6.72. The lowest BCUT2D eigenvalue weighted by Gasteiger charge is -2.25. The predicted octanol–water partition coefficient (Wildman–Crippen LogP) is 3.73. The van der Waals surface area contributed by atoms with Gasteiger partial charge in [0.25, 0.3) is 0 Å². The highest BCUT2D eigenvalue weighted by atomic mass is 16.6. The fourth-order valence-electron chi connectivity index (χ4n) is 3.14. The topological polar surface area (TPSA) is 87.4 Å². The minimum atomic E-state index is -0.463. The number of nitrogens with zero attached hydrogens (tertiary/aromatic N) is 1. The molecule has 0 radical (unpaired) electrons. The molecule has 0 spiro atoms. The van der Waals surface area contributed by atoms with E-state index in [1.807, 2.05) is 0 Å². The van der Waals surface area contributed by atoms with Gasteiger partial charge in [0.2, 0.25) is 11.2 Å². The fourth-order valence-corrected chi connectivity index (χ4v) is 3.14. The van der Waals surface area contributed by atoms with Crippen LogP contribution < -0.4 is 19.6 Å². The average Bonchev–Trinajstić information content (AvgIpc) is 2.77. The number of rotatable bonds is 4. The van der Waals surface area contributed by atoms with Crippen LogP contribution >= 0.6 is 0 Å². The first-order valence-corrected chi connectivity index (χ1v) is 9.49. The summed E-state index contributed by atoms with van der Waals surface area (Å²) in [6, 6.07) is 11.6. The molecule has 2 aromatic carbocycles. The summed E-state index contributed by atoms with van der Waals surface area (Å²) < 4.78 is 27.4. The van der Waals surface area contributed by atoms with Crippen molar-refractivity contribution in [3.63, 3.8) is 0 Å². The van der Waals surface area contributed by atoms with Crippen LogP contribution in [0.1, 0.15) is 5.76 Å². The summed E-state index contributed by atoms with van der Waals surface area (Å²) in [5, 5.41) is 0.324. The molecule has 1 aliphatic heterocycles. The number of carbonyl (C=O) groups is 1. The zero-order valence-electron chi connectivity index (χ0n) is 16.7. The number of fused-ring (bicyclic) bond motifs is 1. The van der Waals surface area contributed by atoms with Gasteiger partial charge < -0.3 is 28.3 Å². The number of amides is 1. The van der Waals surface area contributed by atoms with Crippen LogP contribution in [0.3, 0.4) is 0 Å². The zero-order chi connectivity index (χ0) is 21.1. The minimum Gasteiger partial charge on any atom is -0.497 e. The summed E-state index contributed by atoms with van der Waals surface area (Å²) in [5.41, 5.74) is -0.00889. The van der Waals surface area contributed by atoms with E-state index in [4.69, 9.17) is 23.4 Å². The molecule has 30 heavy (non-hydrogen) atoms. The van der Waals surface area contributed by atoms with E-state index < -0.39 is 6.09 Å². The molecule has 4 rings (SSSR count). The predicted molar refractivity (Wildman–Crippen MR) is 109 cm³/mol. The van der Waals surface area contributed by atoms with Crippen LogP contribution in [0.15, 0.2) is 51.7 Å². The maximum absolute atomic E-state index is 12.9. The Kier molecular flexibility index (Phi) is 5.58. The minimum absolute atomic E-state index is 0.0915. The Hall–Kier alpha value is -3.52. The highest BCUT2D eigenvalue weighted by Gasteiger charge is 2.20. The van der Waals surface area contributed by atoms with Crippen molar-refractivity contribution in [1.29, 1.82) is 0 Å². The number of hydrogen-bond donors (Lipinski definition) is 0. The first-order valence-electron chi connectivity index (χ1n) is 9.49. The Bertz CT molecular complexity index is 1130. The van der Waals surface area contributed by atoms with Crippen LogP contribution in [-0.4, -0.2) is 44.4 Å². The van der Waals surface area contributed by atoms with Gasteiger partial charge in [-0.05, 0) is 31.2 Å². The van der Waals surface area contributed by atoms with Crippen LogP contribution in [0.5, 0.6) is 23.0 Å². The molecule has 0 aliphatic carbocycles. The lowest BCUT2D eigenvalue weighted by Crippen LogP contribution is -2.42. The molecule has 0 unspecified atom stereocenters. The van der Waals surface area contributed by atoms with Crippen LogP contribution in [0.4, 0.5) is 4.79 Å². The molecule has 0 bridgehead atoms. The van der Waals surface area contributed by atoms with Crippen LogP contribution in [0.2, 0.25) is 0 Å². The normalized spacial score (nSPS) is 13.9. The molecule has 0 saturated carbocycles. The molecule has 156 valence electrons. The highest BCUT2D eigenvalue weighted by molar-refractivity contribution is 5.81. The highest BCUT2D eigenvalue weighted by Crippen LogP contribution is 2.29. The standard InChI is InChI=1S/C22H21NO7/c1-14-21(29-16-5-3-4-15(12-16)26-2)20(24)18-7-6-17(13-19(18)28-14)30-22(25)23-8-10-27-11-9-23/h3-7,12-13H,8-11H2,1-2H3. The smallest absolute Gasteiger partial charge is 0.415 e. The SMILES string of the molecule is COc1cccc(Oc2c(C)oc3cc(OC(=O)N4CCOCC4)ccc3c2=O)c1. The molecule has 8 heteroatoms. The van der Waals surface area contributed by atoms with Gasteiger partial charge in [0.05, 0.1) is 25.7 Å². The molecule has 8 nitrogen and oxygen atoms in total. The van der Waals surface area contributed by atoms with Crippen LogP contribution in [0, 0.1) is 6.92 Å². The van der Waals surface area contributed by atoms with E-state index in [1.54, 1.807) is 55.3 Å². The van der Waals surface area contributed by atoms with E-state index in [0.717, 1.165) is 0 Å². The van der Waals surface area contributed by atoms with Gasteiger partial charge in [0, 0.05) is 25.2 Å². The Labute approximate surface area is 172 Å². The monoisotopic (exact) mass is 411 g/mol. The van der Waals surface area contributed by atoms with Gasteiger partial charge in [-0.2, -0.15) is 0 Å². The Morgan fingerprint density at radius 1 is 1.03 bits per heavy atom. The lowest BCUT2D eigenvalue weighted by atomic mass is 10.2. The summed E-state index contributed by atoms with van der Waals surface area (Å²) in [5.74, 6) is 1.77. The van der Waals surface area contributed by atoms with Crippen molar-refractivity contribution in [3.05, 3.63) is 58.4 Å². The van der Waals surface area contributed by atoms with Crippen molar-refractivity contribution in [2.24, 2.45) is 0 Å². The van der Waals surface area contributed by atoms with Crippen molar-refractivity contribution < 1.29 is 28.2 Å². The van der Waals surface area contributed by atoms with Crippen molar-refractivity contribution in [1.82, 2.24) is 4.90 Å². The average molecular weight is 411 g/mol. The van der Waals surface area contributed by atoms with Gasteiger partial charge in [-0.25, -0.2) is 4.79 Å². The molecule has 1 aliphatic rings. The van der Waals surface area contributed by atoms with Crippen molar-refractivity contribution >= 4 is 17.1 Å². The van der Waals surface area contributed by atoms with Gasteiger partial charge in [-0.1, -0.05) is 6.07 Å². The Morgan fingerprint density at radius 3 is 2.57 bits per heavy atom. The lowest BCUT2D eigenvalue weighted by molar-refractivity contribution is 0.0416. The first kappa shape index (κ1) is 19.8. The molecular weight excluding hydrogens is 390 g/mol. The summed E-state index contributed by atoms with van der Waals surface area (Å²) in [6.45, 7) is 3.56. The van der Waals surface area contributed by atoms with E-state index in [2.05, 4.69) is 0 Å². The summed E-state index contributed by atoms with van der Waals surface area (Å²) in [4.78, 5) is 26.8. The molecule has 0 atom stereocenters. The summed E-state index contributed by atoms with van der Waals surface area (Å²) >= 11 is 0. The Balaban J connectivity index is 1.60.